The molecule has 0 bridgehead atoms. The van der Waals surface area contributed by atoms with Gasteiger partial charge in [0.25, 0.3) is 0 Å². The Morgan fingerprint density at radius 2 is 1.75 bits per heavy atom. The third-order valence-electron chi connectivity index (χ3n) is 2.69. The number of primary amides is 1. The molecule has 0 aliphatic heterocycles. The first-order valence-electron chi connectivity index (χ1n) is 6.17. The van der Waals surface area contributed by atoms with Gasteiger partial charge in [-0.15, -0.1) is 0 Å². The van der Waals surface area contributed by atoms with Crippen LogP contribution in [0.2, 0.25) is 0 Å². The lowest BCUT2D eigenvalue weighted by molar-refractivity contribution is -0.122. The molecule has 4 heteroatoms. The Hall–Kier alpha value is -0.220. The number of hydrogen-bond acceptors (Lipinski definition) is 3. The molecule has 1 unspecified atom stereocenters. The molecule has 0 saturated carbocycles. The molecule has 0 aliphatic rings. The van der Waals surface area contributed by atoms with E-state index in [2.05, 4.69) is 6.92 Å². The average Bonchev–Trinajstić information content (AvgIpc) is 2.21. The lowest BCUT2D eigenvalue weighted by Gasteiger charge is -2.19. The summed E-state index contributed by atoms with van der Waals surface area (Å²) in [4.78, 5) is 11.0. The highest BCUT2D eigenvalue weighted by Gasteiger charge is 2.24. The van der Waals surface area contributed by atoms with E-state index in [0.717, 1.165) is 12.8 Å². The number of nitrogens with two attached hydrogens (primary N) is 2. The molecule has 0 rings (SSSR count). The molecule has 0 aromatic heterocycles. The predicted octanol–water partition coefficient (Wildman–Crippen LogP) is 2.28. The summed E-state index contributed by atoms with van der Waals surface area (Å²) in [5.41, 5.74) is 10.1. The van der Waals surface area contributed by atoms with Crippen LogP contribution in [0, 0.1) is 0 Å². The van der Waals surface area contributed by atoms with Crippen molar-refractivity contribution in [1.82, 2.24) is 0 Å². The van der Waals surface area contributed by atoms with Crippen molar-refractivity contribution in [1.29, 1.82) is 0 Å². The van der Waals surface area contributed by atoms with Crippen LogP contribution in [-0.4, -0.2) is 23.0 Å². The van der Waals surface area contributed by atoms with Crippen LogP contribution >= 0.6 is 11.8 Å². The average molecular weight is 246 g/mol. The Bertz CT molecular complexity index is 195. The van der Waals surface area contributed by atoms with Crippen LogP contribution < -0.4 is 11.5 Å². The zero-order chi connectivity index (χ0) is 12.4. The van der Waals surface area contributed by atoms with Gasteiger partial charge in [0.2, 0.25) is 5.91 Å². The van der Waals surface area contributed by atoms with Gasteiger partial charge in [0.15, 0.2) is 0 Å². The Morgan fingerprint density at radius 1 is 1.19 bits per heavy atom. The monoisotopic (exact) mass is 246 g/mol. The van der Waals surface area contributed by atoms with Crippen molar-refractivity contribution in [3.05, 3.63) is 0 Å². The number of hydrogen-bond donors (Lipinski definition) is 2. The van der Waals surface area contributed by atoms with Crippen molar-refractivity contribution in [2.24, 2.45) is 11.5 Å². The number of rotatable bonds is 10. The van der Waals surface area contributed by atoms with Crippen LogP contribution in [0.25, 0.3) is 0 Å². The molecule has 0 radical (unpaired) electrons. The fourth-order valence-corrected chi connectivity index (χ4v) is 2.40. The third kappa shape index (κ3) is 7.99. The van der Waals surface area contributed by atoms with Crippen LogP contribution in [0.1, 0.15) is 52.4 Å². The third-order valence-corrected chi connectivity index (χ3v) is 3.84. The first-order valence-corrected chi connectivity index (χ1v) is 7.32. The summed E-state index contributed by atoms with van der Waals surface area (Å²) in [5.74, 6) is 2.02. The Labute approximate surface area is 104 Å². The van der Waals surface area contributed by atoms with Gasteiger partial charge in [0.05, 0.1) is 5.54 Å². The van der Waals surface area contributed by atoms with E-state index in [1.807, 2.05) is 11.8 Å². The van der Waals surface area contributed by atoms with Crippen LogP contribution in [0.3, 0.4) is 0 Å². The minimum Gasteiger partial charge on any atom is -0.368 e. The summed E-state index contributed by atoms with van der Waals surface area (Å²) in [6.07, 6.45) is 6.72. The molecule has 0 heterocycles. The minimum atomic E-state index is -0.827. The summed E-state index contributed by atoms with van der Waals surface area (Å²) < 4.78 is 0. The SMILES string of the molecule is CCCCCSCCCCC(C)(N)C(N)=O. The zero-order valence-electron chi connectivity index (χ0n) is 10.6. The molecule has 0 fully saturated rings. The van der Waals surface area contributed by atoms with Gasteiger partial charge in [0.1, 0.15) is 0 Å². The van der Waals surface area contributed by atoms with Crippen molar-refractivity contribution in [2.75, 3.05) is 11.5 Å². The summed E-state index contributed by atoms with van der Waals surface area (Å²) >= 11 is 2.00. The first-order chi connectivity index (χ1) is 7.50. The van der Waals surface area contributed by atoms with Crippen molar-refractivity contribution < 1.29 is 4.79 Å². The molecule has 16 heavy (non-hydrogen) atoms. The summed E-state index contributed by atoms with van der Waals surface area (Å²) in [7, 11) is 0. The van der Waals surface area contributed by atoms with Gasteiger partial charge in [-0.3, -0.25) is 4.79 Å². The normalized spacial score (nSPS) is 14.7. The van der Waals surface area contributed by atoms with Crippen molar-refractivity contribution in [3.63, 3.8) is 0 Å². The van der Waals surface area contributed by atoms with E-state index in [4.69, 9.17) is 11.5 Å². The molecule has 96 valence electrons. The summed E-state index contributed by atoms with van der Waals surface area (Å²) in [6.45, 7) is 3.93. The zero-order valence-corrected chi connectivity index (χ0v) is 11.4. The van der Waals surface area contributed by atoms with Crippen molar-refractivity contribution >= 4 is 17.7 Å². The molecule has 0 spiro atoms. The summed E-state index contributed by atoms with van der Waals surface area (Å²) in [6, 6.07) is 0. The largest absolute Gasteiger partial charge is 0.368 e. The number of unbranched alkanes of at least 4 members (excludes halogenated alkanes) is 3. The van der Waals surface area contributed by atoms with E-state index in [1.165, 1.54) is 30.8 Å². The molecular formula is C12H26N2OS. The second kappa shape index (κ2) is 8.88. The topological polar surface area (TPSA) is 69.1 Å². The highest BCUT2D eigenvalue weighted by atomic mass is 32.2. The molecule has 0 aliphatic carbocycles. The molecule has 0 saturated heterocycles. The molecular weight excluding hydrogens is 220 g/mol. The van der Waals surface area contributed by atoms with Gasteiger partial charge >= 0.3 is 0 Å². The van der Waals surface area contributed by atoms with Gasteiger partial charge in [0, 0.05) is 0 Å². The maximum Gasteiger partial charge on any atom is 0.237 e. The van der Waals surface area contributed by atoms with Gasteiger partial charge in [-0.05, 0) is 37.7 Å². The number of carbonyl (C=O) groups is 1. The minimum absolute atomic E-state index is 0.400. The second-order valence-electron chi connectivity index (χ2n) is 4.56. The Kier molecular flexibility index (Phi) is 8.76. The molecule has 0 aromatic rings. The Morgan fingerprint density at radius 3 is 2.25 bits per heavy atom. The van der Waals surface area contributed by atoms with Gasteiger partial charge < -0.3 is 11.5 Å². The van der Waals surface area contributed by atoms with Gasteiger partial charge in [-0.1, -0.05) is 26.2 Å². The summed E-state index contributed by atoms with van der Waals surface area (Å²) in [5, 5.41) is 0. The maximum atomic E-state index is 11.0. The lowest BCUT2D eigenvalue weighted by atomic mass is 9.96. The Balaban J connectivity index is 3.30. The fraction of sp³-hybridized carbons (Fsp3) is 0.917. The lowest BCUT2D eigenvalue weighted by Crippen LogP contribution is -2.49. The van der Waals surface area contributed by atoms with E-state index in [-0.39, 0.29) is 0 Å². The maximum absolute atomic E-state index is 11.0. The van der Waals surface area contributed by atoms with E-state index >= 15 is 0 Å². The van der Waals surface area contributed by atoms with E-state index in [0.29, 0.717) is 6.42 Å². The van der Waals surface area contributed by atoms with Gasteiger partial charge in [-0.2, -0.15) is 11.8 Å². The number of carbonyl (C=O) groups excluding carboxylic acids is 1. The van der Waals surface area contributed by atoms with E-state index in [9.17, 15) is 4.79 Å². The van der Waals surface area contributed by atoms with E-state index < -0.39 is 11.4 Å². The molecule has 1 amide bonds. The van der Waals surface area contributed by atoms with Crippen LogP contribution in [0.15, 0.2) is 0 Å². The van der Waals surface area contributed by atoms with Crippen LogP contribution in [0.5, 0.6) is 0 Å². The highest BCUT2D eigenvalue weighted by molar-refractivity contribution is 7.99. The smallest absolute Gasteiger partial charge is 0.237 e. The standard InChI is InChI=1S/C12H26N2OS/c1-3-4-6-9-16-10-7-5-8-12(2,14)11(13)15/h3-10,14H2,1-2H3,(H2,13,15). The first kappa shape index (κ1) is 15.8. The molecule has 4 N–H and O–H groups in total. The quantitative estimate of drug-likeness (QED) is 0.581. The number of thioether (sulfide) groups is 1. The van der Waals surface area contributed by atoms with E-state index in [1.54, 1.807) is 6.92 Å². The van der Waals surface area contributed by atoms with Crippen LogP contribution in [0.4, 0.5) is 0 Å². The molecule has 3 nitrogen and oxygen atoms in total. The molecule has 1 atom stereocenters. The fourth-order valence-electron chi connectivity index (χ4n) is 1.38. The van der Waals surface area contributed by atoms with Crippen LogP contribution in [-0.2, 0) is 4.79 Å². The highest BCUT2D eigenvalue weighted by Crippen LogP contribution is 2.14. The molecule has 0 aromatic carbocycles. The second-order valence-corrected chi connectivity index (χ2v) is 5.78. The van der Waals surface area contributed by atoms with Crippen molar-refractivity contribution in [3.8, 4) is 0 Å². The van der Waals surface area contributed by atoms with Gasteiger partial charge in [-0.25, -0.2) is 0 Å². The number of amides is 1. The predicted molar refractivity (Wildman–Crippen MR) is 72.5 cm³/mol. The van der Waals surface area contributed by atoms with Crippen molar-refractivity contribution in [2.45, 2.75) is 57.9 Å².